The van der Waals surface area contributed by atoms with Crippen molar-refractivity contribution < 1.29 is 27.4 Å². The standard InChI is InChI=1S/C19H22F3NO3/c1-23-12-17(25-3)18(26-16-10-8-15(24-2)9-11-16)13-4-6-14(7-5-13)19(20,21)22/h4-11,17-18,23H,12H2,1-3H3. The molecule has 2 aromatic rings. The second kappa shape index (κ2) is 8.91. The molecule has 26 heavy (non-hydrogen) atoms. The van der Waals surface area contributed by atoms with Gasteiger partial charge < -0.3 is 19.5 Å². The lowest BCUT2D eigenvalue weighted by Gasteiger charge is -2.27. The Bertz CT molecular complexity index is 672. The molecule has 0 heterocycles. The maximum absolute atomic E-state index is 12.8. The molecule has 142 valence electrons. The van der Waals surface area contributed by atoms with Crippen molar-refractivity contribution in [1.82, 2.24) is 5.32 Å². The summed E-state index contributed by atoms with van der Waals surface area (Å²) in [6.45, 7) is 0.471. The topological polar surface area (TPSA) is 39.7 Å². The fourth-order valence-corrected chi connectivity index (χ4v) is 2.54. The quantitative estimate of drug-likeness (QED) is 0.762. The first kappa shape index (κ1) is 20.1. The number of halogens is 3. The molecule has 2 aromatic carbocycles. The minimum Gasteiger partial charge on any atom is -0.497 e. The van der Waals surface area contributed by atoms with Gasteiger partial charge in [-0.25, -0.2) is 0 Å². The number of hydrogen-bond acceptors (Lipinski definition) is 4. The highest BCUT2D eigenvalue weighted by Gasteiger charge is 2.31. The smallest absolute Gasteiger partial charge is 0.416 e. The van der Waals surface area contributed by atoms with E-state index >= 15 is 0 Å². The van der Waals surface area contributed by atoms with E-state index < -0.39 is 17.8 Å². The van der Waals surface area contributed by atoms with E-state index in [1.807, 2.05) is 0 Å². The maximum atomic E-state index is 12.8. The van der Waals surface area contributed by atoms with Crippen molar-refractivity contribution in [3.63, 3.8) is 0 Å². The molecule has 0 saturated heterocycles. The van der Waals surface area contributed by atoms with Gasteiger partial charge in [-0.1, -0.05) is 12.1 Å². The molecule has 1 N–H and O–H groups in total. The van der Waals surface area contributed by atoms with E-state index in [4.69, 9.17) is 14.2 Å². The molecule has 0 amide bonds. The van der Waals surface area contributed by atoms with Crippen molar-refractivity contribution in [2.75, 3.05) is 27.8 Å². The highest BCUT2D eigenvalue weighted by atomic mass is 19.4. The van der Waals surface area contributed by atoms with Crippen LogP contribution in [0.3, 0.4) is 0 Å². The molecule has 2 atom stereocenters. The molecule has 0 aliphatic heterocycles. The zero-order chi connectivity index (χ0) is 19.2. The van der Waals surface area contributed by atoms with Gasteiger partial charge in [-0.2, -0.15) is 13.2 Å². The Hall–Kier alpha value is -2.25. The lowest BCUT2D eigenvalue weighted by atomic mass is 10.0. The fraction of sp³-hybridized carbons (Fsp3) is 0.368. The van der Waals surface area contributed by atoms with Crippen LogP contribution in [0.5, 0.6) is 11.5 Å². The molecule has 0 fully saturated rings. The first-order valence-electron chi connectivity index (χ1n) is 8.04. The molecule has 0 bridgehead atoms. The predicted octanol–water partition coefficient (Wildman–Crippen LogP) is 4.07. The minimum atomic E-state index is -4.38. The molecular weight excluding hydrogens is 347 g/mol. The monoisotopic (exact) mass is 369 g/mol. The van der Waals surface area contributed by atoms with Gasteiger partial charge in [0, 0.05) is 13.7 Å². The second-order valence-electron chi connectivity index (χ2n) is 5.67. The summed E-state index contributed by atoms with van der Waals surface area (Å²) >= 11 is 0. The van der Waals surface area contributed by atoms with Crippen LogP contribution >= 0.6 is 0 Å². The Kier molecular flexibility index (Phi) is 6.88. The van der Waals surface area contributed by atoms with Gasteiger partial charge in [0.25, 0.3) is 0 Å². The van der Waals surface area contributed by atoms with Gasteiger partial charge in [-0.15, -0.1) is 0 Å². The van der Waals surface area contributed by atoms with Crippen molar-refractivity contribution in [3.8, 4) is 11.5 Å². The summed E-state index contributed by atoms with van der Waals surface area (Å²) in [5, 5.41) is 3.00. The Morgan fingerprint density at radius 2 is 1.50 bits per heavy atom. The Balaban J connectivity index is 2.30. The van der Waals surface area contributed by atoms with Crippen molar-refractivity contribution in [1.29, 1.82) is 0 Å². The van der Waals surface area contributed by atoms with E-state index in [1.165, 1.54) is 19.2 Å². The van der Waals surface area contributed by atoms with Crippen LogP contribution in [-0.2, 0) is 10.9 Å². The summed E-state index contributed by atoms with van der Waals surface area (Å²) in [7, 11) is 4.87. The first-order valence-corrected chi connectivity index (χ1v) is 8.04. The van der Waals surface area contributed by atoms with Crippen LogP contribution in [-0.4, -0.2) is 33.9 Å². The average Bonchev–Trinajstić information content (AvgIpc) is 2.64. The number of alkyl halides is 3. The van der Waals surface area contributed by atoms with Gasteiger partial charge in [0.1, 0.15) is 17.6 Å². The number of methoxy groups -OCH3 is 2. The van der Waals surface area contributed by atoms with Crippen LogP contribution in [0.4, 0.5) is 13.2 Å². The van der Waals surface area contributed by atoms with E-state index in [0.717, 1.165) is 12.1 Å². The Labute approximate surface area is 150 Å². The van der Waals surface area contributed by atoms with E-state index in [0.29, 0.717) is 23.6 Å². The number of ether oxygens (including phenoxy) is 3. The number of nitrogens with one attached hydrogen (secondary N) is 1. The van der Waals surface area contributed by atoms with Gasteiger partial charge in [0.15, 0.2) is 6.10 Å². The number of hydrogen-bond donors (Lipinski definition) is 1. The Morgan fingerprint density at radius 1 is 0.923 bits per heavy atom. The highest BCUT2D eigenvalue weighted by Crippen LogP contribution is 2.32. The zero-order valence-electron chi connectivity index (χ0n) is 14.8. The van der Waals surface area contributed by atoms with Crippen LogP contribution < -0.4 is 14.8 Å². The summed E-state index contributed by atoms with van der Waals surface area (Å²) in [5.74, 6) is 1.25. The van der Waals surface area contributed by atoms with Crippen molar-refractivity contribution in [2.24, 2.45) is 0 Å². The predicted molar refractivity (Wildman–Crippen MR) is 92.5 cm³/mol. The molecule has 2 unspecified atom stereocenters. The molecule has 0 spiro atoms. The van der Waals surface area contributed by atoms with E-state index in [2.05, 4.69) is 5.32 Å². The van der Waals surface area contributed by atoms with Crippen LogP contribution in [0.15, 0.2) is 48.5 Å². The normalized spacial score (nSPS) is 13.9. The fourth-order valence-electron chi connectivity index (χ4n) is 2.54. The van der Waals surface area contributed by atoms with Crippen LogP contribution in [0.2, 0.25) is 0 Å². The SMILES string of the molecule is CNCC(OC)C(Oc1ccc(OC)cc1)c1ccc(C(F)(F)F)cc1. The molecule has 0 aliphatic rings. The molecule has 0 aliphatic carbocycles. The van der Waals surface area contributed by atoms with Gasteiger partial charge in [0.2, 0.25) is 0 Å². The Morgan fingerprint density at radius 3 is 1.96 bits per heavy atom. The van der Waals surface area contributed by atoms with Gasteiger partial charge in [0.05, 0.1) is 12.7 Å². The van der Waals surface area contributed by atoms with E-state index in [-0.39, 0.29) is 6.10 Å². The number of rotatable bonds is 8. The van der Waals surface area contributed by atoms with E-state index in [1.54, 1.807) is 38.4 Å². The summed E-state index contributed by atoms with van der Waals surface area (Å²) in [6.07, 6.45) is -5.35. The molecule has 2 rings (SSSR count). The lowest BCUT2D eigenvalue weighted by Crippen LogP contribution is -2.34. The zero-order valence-corrected chi connectivity index (χ0v) is 14.8. The lowest BCUT2D eigenvalue weighted by molar-refractivity contribution is -0.137. The first-order chi connectivity index (χ1) is 12.4. The van der Waals surface area contributed by atoms with E-state index in [9.17, 15) is 13.2 Å². The molecule has 4 nitrogen and oxygen atoms in total. The third kappa shape index (κ3) is 5.12. The molecule has 7 heteroatoms. The van der Waals surface area contributed by atoms with Gasteiger partial charge in [-0.05, 0) is 49.0 Å². The average molecular weight is 369 g/mol. The van der Waals surface area contributed by atoms with Crippen LogP contribution in [0, 0.1) is 0 Å². The molecule has 0 radical (unpaired) electrons. The summed E-state index contributed by atoms with van der Waals surface area (Å²) in [6, 6.07) is 11.9. The maximum Gasteiger partial charge on any atom is 0.416 e. The van der Waals surface area contributed by atoms with Crippen molar-refractivity contribution in [3.05, 3.63) is 59.7 Å². The minimum absolute atomic E-state index is 0.390. The van der Waals surface area contributed by atoms with Crippen molar-refractivity contribution in [2.45, 2.75) is 18.4 Å². The highest BCUT2D eigenvalue weighted by molar-refractivity contribution is 5.33. The number of benzene rings is 2. The second-order valence-corrected chi connectivity index (χ2v) is 5.67. The summed E-state index contributed by atoms with van der Waals surface area (Å²) < 4.78 is 55.1. The molecule has 0 aromatic heterocycles. The summed E-state index contributed by atoms with van der Waals surface area (Å²) in [4.78, 5) is 0. The third-order valence-corrected chi connectivity index (χ3v) is 3.93. The third-order valence-electron chi connectivity index (χ3n) is 3.93. The molecule has 0 saturated carbocycles. The van der Waals surface area contributed by atoms with Crippen LogP contribution in [0.25, 0.3) is 0 Å². The largest absolute Gasteiger partial charge is 0.497 e. The van der Waals surface area contributed by atoms with Gasteiger partial charge >= 0.3 is 6.18 Å². The van der Waals surface area contributed by atoms with Crippen LogP contribution in [0.1, 0.15) is 17.2 Å². The van der Waals surface area contributed by atoms with Crippen molar-refractivity contribution >= 4 is 0 Å². The van der Waals surface area contributed by atoms with Gasteiger partial charge in [-0.3, -0.25) is 0 Å². The number of likely N-dealkylation sites (N-methyl/N-ethyl adjacent to an activating group) is 1. The summed E-state index contributed by atoms with van der Waals surface area (Å²) in [5.41, 5.74) is -0.108. The molecular formula is C19H22F3NO3.